The molecule has 1 rings (SSSR count). The molecule has 0 aliphatic rings. The van der Waals surface area contributed by atoms with Gasteiger partial charge in [-0.2, -0.15) is 0 Å². The fourth-order valence-corrected chi connectivity index (χ4v) is 1.72. The largest absolute Gasteiger partial charge is 0.493 e. The lowest BCUT2D eigenvalue weighted by Crippen LogP contribution is -2.44. The summed E-state index contributed by atoms with van der Waals surface area (Å²) in [5.74, 6) is 0.746. The first-order valence-corrected chi connectivity index (χ1v) is 6.44. The molecular weight excluding hydrogens is 274 g/mol. The fraction of sp³-hybridized carbons (Fsp3) is 0.429. The molecular formula is C14H21N3O4. The van der Waals surface area contributed by atoms with Crippen molar-refractivity contribution in [2.75, 3.05) is 26.6 Å². The number of nitrogens with one attached hydrogen (secondary N) is 3. The third-order valence-corrected chi connectivity index (χ3v) is 2.96. The molecule has 0 saturated carbocycles. The van der Waals surface area contributed by atoms with Gasteiger partial charge in [-0.3, -0.25) is 10.1 Å². The monoisotopic (exact) mass is 295 g/mol. The van der Waals surface area contributed by atoms with Gasteiger partial charge >= 0.3 is 6.03 Å². The summed E-state index contributed by atoms with van der Waals surface area (Å²) in [6.07, 6.45) is 0. The second-order valence-corrected chi connectivity index (χ2v) is 4.46. The molecule has 0 aliphatic heterocycles. The minimum Gasteiger partial charge on any atom is -0.493 e. The quantitative estimate of drug-likeness (QED) is 0.761. The Bertz CT molecular complexity index is 531. The number of ether oxygens (including phenoxy) is 2. The lowest BCUT2D eigenvalue weighted by molar-refractivity contribution is -0.120. The van der Waals surface area contributed by atoms with Crippen LogP contribution in [0.1, 0.15) is 12.5 Å². The summed E-state index contributed by atoms with van der Waals surface area (Å²) in [6.45, 7) is 3.54. The first-order valence-electron chi connectivity index (χ1n) is 6.44. The Morgan fingerprint density at radius 3 is 2.24 bits per heavy atom. The van der Waals surface area contributed by atoms with Crippen molar-refractivity contribution < 1.29 is 19.1 Å². The number of hydrogen-bond donors (Lipinski definition) is 3. The zero-order valence-corrected chi connectivity index (χ0v) is 12.9. The van der Waals surface area contributed by atoms with Crippen molar-refractivity contribution in [2.45, 2.75) is 19.9 Å². The van der Waals surface area contributed by atoms with E-state index >= 15 is 0 Å². The third-order valence-electron chi connectivity index (χ3n) is 2.96. The van der Waals surface area contributed by atoms with Crippen LogP contribution >= 0.6 is 0 Å². The Morgan fingerprint density at radius 1 is 1.14 bits per heavy atom. The van der Waals surface area contributed by atoms with Crippen LogP contribution in [0, 0.1) is 6.92 Å². The van der Waals surface area contributed by atoms with Crippen LogP contribution in [0.4, 0.5) is 10.5 Å². The van der Waals surface area contributed by atoms with E-state index in [-0.39, 0.29) is 0 Å². The van der Waals surface area contributed by atoms with Crippen molar-refractivity contribution in [1.29, 1.82) is 0 Å². The molecule has 7 heteroatoms. The van der Waals surface area contributed by atoms with Crippen molar-refractivity contribution in [3.05, 3.63) is 17.7 Å². The predicted molar refractivity (Wildman–Crippen MR) is 80.0 cm³/mol. The van der Waals surface area contributed by atoms with Gasteiger partial charge in [0, 0.05) is 18.8 Å². The van der Waals surface area contributed by atoms with Gasteiger partial charge in [-0.15, -0.1) is 0 Å². The number of methoxy groups -OCH3 is 2. The van der Waals surface area contributed by atoms with Gasteiger partial charge in [0.1, 0.15) is 6.04 Å². The molecule has 0 fully saturated rings. The summed E-state index contributed by atoms with van der Waals surface area (Å²) in [4.78, 5) is 22.9. The molecule has 0 heterocycles. The Labute approximate surface area is 124 Å². The highest BCUT2D eigenvalue weighted by atomic mass is 16.5. The van der Waals surface area contributed by atoms with Gasteiger partial charge in [0.05, 0.1) is 14.2 Å². The second kappa shape index (κ2) is 7.37. The van der Waals surface area contributed by atoms with E-state index in [1.165, 1.54) is 7.05 Å². The standard InChI is InChI=1S/C14H21N3O4/c1-8-6-11(20-4)12(21-5)7-10(8)16-9(2)13(18)17-14(19)15-3/h6-7,9,16H,1-5H3,(H2,15,17,18,19). The average molecular weight is 295 g/mol. The first kappa shape index (κ1) is 16.6. The van der Waals surface area contributed by atoms with Crippen LogP contribution in [0.5, 0.6) is 11.5 Å². The lowest BCUT2D eigenvalue weighted by atomic mass is 10.1. The number of imide groups is 1. The maximum absolute atomic E-state index is 11.8. The highest BCUT2D eigenvalue weighted by molar-refractivity contribution is 5.97. The maximum Gasteiger partial charge on any atom is 0.321 e. The molecule has 1 atom stereocenters. The number of carbonyl (C=O) groups excluding carboxylic acids is 2. The summed E-state index contributed by atoms with van der Waals surface area (Å²) in [5, 5.41) is 7.57. The topological polar surface area (TPSA) is 88.7 Å². The van der Waals surface area contributed by atoms with Gasteiger partial charge in [0.15, 0.2) is 11.5 Å². The predicted octanol–water partition coefficient (Wildman–Crippen LogP) is 1.27. The molecule has 3 N–H and O–H groups in total. The molecule has 0 bridgehead atoms. The SMILES string of the molecule is CNC(=O)NC(=O)C(C)Nc1cc(OC)c(OC)cc1C. The van der Waals surface area contributed by atoms with Gasteiger partial charge in [-0.25, -0.2) is 4.79 Å². The van der Waals surface area contributed by atoms with Crippen molar-refractivity contribution >= 4 is 17.6 Å². The van der Waals surface area contributed by atoms with E-state index in [0.29, 0.717) is 11.5 Å². The molecule has 0 aliphatic carbocycles. The highest BCUT2D eigenvalue weighted by Gasteiger charge is 2.17. The normalized spacial score (nSPS) is 11.3. The molecule has 1 aromatic carbocycles. The van der Waals surface area contributed by atoms with Gasteiger partial charge in [-0.05, 0) is 25.5 Å². The van der Waals surface area contributed by atoms with Crippen molar-refractivity contribution in [3.8, 4) is 11.5 Å². The Morgan fingerprint density at radius 2 is 1.71 bits per heavy atom. The number of amides is 3. The number of hydrogen-bond acceptors (Lipinski definition) is 5. The van der Waals surface area contributed by atoms with Crippen molar-refractivity contribution in [1.82, 2.24) is 10.6 Å². The van der Waals surface area contributed by atoms with E-state index in [2.05, 4.69) is 16.0 Å². The number of urea groups is 1. The molecule has 3 amide bonds. The maximum atomic E-state index is 11.8. The molecule has 0 radical (unpaired) electrons. The number of carbonyl (C=O) groups is 2. The molecule has 0 aromatic heterocycles. The molecule has 116 valence electrons. The Hall–Kier alpha value is -2.44. The molecule has 1 aromatic rings. The average Bonchev–Trinajstić information content (AvgIpc) is 2.48. The van der Waals surface area contributed by atoms with Crippen LogP contribution in [0.25, 0.3) is 0 Å². The third kappa shape index (κ3) is 4.27. The zero-order chi connectivity index (χ0) is 16.0. The van der Waals surface area contributed by atoms with E-state index in [0.717, 1.165) is 11.3 Å². The second-order valence-electron chi connectivity index (χ2n) is 4.46. The minimum atomic E-state index is -0.584. The molecule has 0 saturated heterocycles. The molecule has 7 nitrogen and oxygen atoms in total. The van der Waals surface area contributed by atoms with Gasteiger partial charge in [0.2, 0.25) is 5.91 Å². The van der Waals surface area contributed by atoms with Crippen LogP contribution < -0.4 is 25.4 Å². The van der Waals surface area contributed by atoms with E-state index in [1.54, 1.807) is 27.2 Å². The molecule has 21 heavy (non-hydrogen) atoms. The van der Waals surface area contributed by atoms with Gasteiger partial charge < -0.3 is 20.1 Å². The van der Waals surface area contributed by atoms with Crippen LogP contribution in [0.15, 0.2) is 12.1 Å². The van der Waals surface area contributed by atoms with Gasteiger partial charge in [-0.1, -0.05) is 0 Å². The molecule has 1 unspecified atom stereocenters. The lowest BCUT2D eigenvalue weighted by Gasteiger charge is -2.18. The van der Waals surface area contributed by atoms with Crippen molar-refractivity contribution in [2.24, 2.45) is 0 Å². The summed E-state index contributed by atoms with van der Waals surface area (Å²) in [5.41, 5.74) is 1.62. The summed E-state index contributed by atoms with van der Waals surface area (Å²) in [6, 6.07) is 2.43. The number of aryl methyl sites for hydroxylation is 1. The van der Waals surface area contributed by atoms with Gasteiger partial charge in [0.25, 0.3) is 0 Å². The number of anilines is 1. The fourth-order valence-electron chi connectivity index (χ4n) is 1.72. The minimum absolute atomic E-state index is 0.427. The van der Waals surface area contributed by atoms with Crippen molar-refractivity contribution in [3.63, 3.8) is 0 Å². The van der Waals surface area contributed by atoms with Crippen LogP contribution in [-0.2, 0) is 4.79 Å². The smallest absolute Gasteiger partial charge is 0.321 e. The summed E-state index contributed by atoms with van der Waals surface area (Å²) >= 11 is 0. The van der Waals surface area contributed by atoms with E-state index in [9.17, 15) is 9.59 Å². The highest BCUT2D eigenvalue weighted by Crippen LogP contribution is 2.33. The summed E-state index contributed by atoms with van der Waals surface area (Å²) in [7, 11) is 4.54. The van der Waals surface area contributed by atoms with Crippen LogP contribution in [0.2, 0.25) is 0 Å². The number of benzene rings is 1. The molecule has 0 spiro atoms. The Balaban J connectivity index is 2.87. The first-order chi connectivity index (χ1) is 9.92. The van der Waals surface area contributed by atoms with E-state index < -0.39 is 18.0 Å². The van der Waals surface area contributed by atoms with Crippen LogP contribution in [0.3, 0.4) is 0 Å². The zero-order valence-electron chi connectivity index (χ0n) is 12.9. The van der Waals surface area contributed by atoms with Crippen LogP contribution in [-0.4, -0.2) is 39.2 Å². The Kier molecular flexibility index (Phi) is 5.83. The summed E-state index contributed by atoms with van der Waals surface area (Å²) < 4.78 is 10.4. The number of rotatable bonds is 5. The van der Waals surface area contributed by atoms with E-state index in [4.69, 9.17) is 9.47 Å². The van der Waals surface area contributed by atoms with E-state index in [1.807, 2.05) is 13.0 Å².